The zero-order valence-electron chi connectivity index (χ0n) is 12.3. The monoisotopic (exact) mass is 291 g/mol. The van der Waals surface area contributed by atoms with Crippen LogP contribution < -0.4 is 5.32 Å². The standard InChI is InChI=1S/C15H18FN3O2/c1-4-21-15(20)14(13-9-19(3)18-10(13)2)17-12-7-5-6-11(16)8-12/h5-9,14,17H,4H2,1-3H3. The van der Waals surface area contributed by atoms with Gasteiger partial charge in [0.25, 0.3) is 0 Å². The molecule has 1 atom stereocenters. The van der Waals surface area contributed by atoms with Gasteiger partial charge in [-0.3, -0.25) is 4.68 Å². The van der Waals surface area contributed by atoms with Crippen molar-refractivity contribution >= 4 is 11.7 Å². The number of aryl methyl sites for hydroxylation is 2. The molecule has 1 heterocycles. The number of benzene rings is 1. The molecule has 2 aromatic rings. The van der Waals surface area contributed by atoms with Crippen LogP contribution in [0.15, 0.2) is 30.5 Å². The first kappa shape index (κ1) is 15.0. The SMILES string of the molecule is CCOC(=O)C(Nc1cccc(F)c1)c1cn(C)nc1C. The van der Waals surface area contributed by atoms with Crippen molar-refractivity contribution < 1.29 is 13.9 Å². The lowest BCUT2D eigenvalue weighted by Gasteiger charge is -2.18. The number of rotatable bonds is 5. The number of ether oxygens (including phenoxy) is 1. The summed E-state index contributed by atoms with van der Waals surface area (Å²) in [7, 11) is 1.78. The number of hydrogen-bond donors (Lipinski definition) is 1. The molecule has 0 saturated carbocycles. The lowest BCUT2D eigenvalue weighted by molar-refractivity contribution is -0.144. The van der Waals surface area contributed by atoms with E-state index in [1.807, 2.05) is 6.92 Å². The molecule has 0 spiro atoms. The Morgan fingerprint density at radius 3 is 2.86 bits per heavy atom. The number of esters is 1. The molecule has 21 heavy (non-hydrogen) atoms. The molecule has 2 rings (SSSR count). The van der Waals surface area contributed by atoms with Crippen molar-refractivity contribution in [2.24, 2.45) is 7.05 Å². The van der Waals surface area contributed by atoms with Gasteiger partial charge in [0.2, 0.25) is 0 Å². The Labute approximate surface area is 122 Å². The van der Waals surface area contributed by atoms with Crippen LogP contribution in [0.1, 0.15) is 24.2 Å². The third kappa shape index (κ3) is 3.59. The molecule has 0 fully saturated rings. The molecule has 0 saturated heterocycles. The number of anilines is 1. The van der Waals surface area contributed by atoms with Crippen molar-refractivity contribution in [2.45, 2.75) is 19.9 Å². The van der Waals surface area contributed by atoms with Gasteiger partial charge in [0.1, 0.15) is 5.82 Å². The smallest absolute Gasteiger partial charge is 0.333 e. The van der Waals surface area contributed by atoms with E-state index < -0.39 is 12.0 Å². The second kappa shape index (κ2) is 6.39. The van der Waals surface area contributed by atoms with E-state index in [9.17, 15) is 9.18 Å². The van der Waals surface area contributed by atoms with Crippen molar-refractivity contribution in [1.29, 1.82) is 0 Å². The highest BCUT2D eigenvalue weighted by Gasteiger charge is 2.25. The molecule has 6 heteroatoms. The highest BCUT2D eigenvalue weighted by atomic mass is 19.1. The van der Waals surface area contributed by atoms with Crippen LogP contribution in [0.2, 0.25) is 0 Å². The summed E-state index contributed by atoms with van der Waals surface area (Å²) in [5.74, 6) is -0.789. The molecule has 112 valence electrons. The van der Waals surface area contributed by atoms with Gasteiger partial charge in [-0.1, -0.05) is 6.07 Å². The molecule has 0 amide bonds. The molecule has 1 aromatic heterocycles. The number of halogens is 1. The highest BCUT2D eigenvalue weighted by Crippen LogP contribution is 2.23. The lowest BCUT2D eigenvalue weighted by Crippen LogP contribution is -2.23. The Kier molecular flexibility index (Phi) is 4.57. The molecule has 5 nitrogen and oxygen atoms in total. The van der Waals surface area contributed by atoms with Crippen molar-refractivity contribution in [3.05, 3.63) is 47.5 Å². The number of nitrogens with one attached hydrogen (secondary N) is 1. The largest absolute Gasteiger partial charge is 0.464 e. The first-order valence-corrected chi connectivity index (χ1v) is 6.70. The zero-order valence-corrected chi connectivity index (χ0v) is 12.3. The molecule has 0 radical (unpaired) electrons. The predicted molar refractivity (Wildman–Crippen MR) is 77.3 cm³/mol. The number of carbonyl (C=O) groups is 1. The van der Waals surface area contributed by atoms with Gasteiger partial charge in [-0.25, -0.2) is 9.18 Å². The number of aromatic nitrogens is 2. The maximum absolute atomic E-state index is 13.3. The summed E-state index contributed by atoms with van der Waals surface area (Å²) < 4.78 is 20.0. The topological polar surface area (TPSA) is 56.1 Å². The van der Waals surface area contributed by atoms with E-state index >= 15 is 0 Å². The van der Waals surface area contributed by atoms with Crippen LogP contribution in [0.3, 0.4) is 0 Å². The minimum absolute atomic E-state index is 0.277. The third-order valence-corrected chi connectivity index (χ3v) is 3.02. The maximum Gasteiger partial charge on any atom is 0.333 e. The molecule has 1 unspecified atom stereocenters. The van der Waals surface area contributed by atoms with Gasteiger partial charge in [-0.2, -0.15) is 5.10 Å². The summed E-state index contributed by atoms with van der Waals surface area (Å²) in [6.07, 6.45) is 1.75. The Morgan fingerprint density at radius 2 is 2.29 bits per heavy atom. The predicted octanol–water partition coefficient (Wildman–Crippen LogP) is 2.58. The molecule has 1 N–H and O–H groups in total. The van der Waals surface area contributed by atoms with Crippen molar-refractivity contribution in [2.75, 3.05) is 11.9 Å². The van der Waals surface area contributed by atoms with Crippen LogP contribution in [0.4, 0.5) is 10.1 Å². The fourth-order valence-electron chi connectivity index (χ4n) is 2.14. The zero-order chi connectivity index (χ0) is 15.4. The summed E-state index contributed by atoms with van der Waals surface area (Å²) in [6.45, 7) is 3.83. The minimum Gasteiger partial charge on any atom is -0.464 e. The molecular formula is C15H18FN3O2. The van der Waals surface area contributed by atoms with E-state index in [1.165, 1.54) is 12.1 Å². The van der Waals surface area contributed by atoms with Gasteiger partial charge in [-0.05, 0) is 32.0 Å². The Hall–Kier alpha value is -2.37. The van der Waals surface area contributed by atoms with Crippen LogP contribution in [0.5, 0.6) is 0 Å². The van der Waals surface area contributed by atoms with Crippen molar-refractivity contribution in [3.8, 4) is 0 Å². The van der Waals surface area contributed by atoms with Crippen LogP contribution in [0, 0.1) is 12.7 Å². The second-order valence-electron chi connectivity index (χ2n) is 4.68. The lowest BCUT2D eigenvalue weighted by atomic mass is 10.1. The Morgan fingerprint density at radius 1 is 1.52 bits per heavy atom. The van der Waals surface area contributed by atoms with Gasteiger partial charge in [0.15, 0.2) is 6.04 Å². The first-order valence-electron chi connectivity index (χ1n) is 6.70. The molecule has 0 aliphatic carbocycles. The van der Waals surface area contributed by atoms with Crippen LogP contribution in [0.25, 0.3) is 0 Å². The van der Waals surface area contributed by atoms with Gasteiger partial charge in [0, 0.05) is 24.5 Å². The average Bonchev–Trinajstić information content (AvgIpc) is 2.75. The van der Waals surface area contributed by atoms with Gasteiger partial charge in [-0.15, -0.1) is 0 Å². The van der Waals surface area contributed by atoms with Crippen LogP contribution in [-0.4, -0.2) is 22.4 Å². The van der Waals surface area contributed by atoms with Gasteiger partial charge >= 0.3 is 5.97 Å². The Bertz CT molecular complexity index is 640. The summed E-state index contributed by atoms with van der Waals surface area (Å²) in [6, 6.07) is 5.23. The van der Waals surface area contributed by atoms with E-state index in [2.05, 4.69) is 10.4 Å². The average molecular weight is 291 g/mol. The maximum atomic E-state index is 13.3. The van der Waals surface area contributed by atoms with E-state index in [-0.39, 0.29) is 12.4 Å². The fraction of sp³-hybridized carbons (Fsp3) is 0.333. The van der Waals surface area contributed by atoms with E-state index in [4.69, 9.17) is 4.74 Å². The summed E-state index contributed by atoms with van der Waals surface area (Å²) in [4.78, 5) is 12.2. The number of hydrogen-bond acceptors (Lipinski definition) is 4. The molecule has 0 aliphatic heterocycles. The van der Waals surface area contributed by atoms with Crippen molar-refractivity contribution in [1.82, 2.24) is 9.78 Å². The van der Waals surface area contributed by atoms with Gasteiger partial charge in [0.05, 0.1) is 12.3 Å². The summed E-state index contributed by atoms with van der Waals surface area (Å²) >= 11 is 0. The number of carbonyl (C=O) groups excluding carboxylic acids is 1. The van der Waals surface area contributed by atoms with Gasteiger partial charge < -0.3 is 10.1 Å². The quantitative estimate of drug-likeness (QED) is 0.860. The molecule has 1 aromatic carbocycles. The normalized spacial score (nSPS) is 12.0. The minimum atomic E-state index is -0.722. The first-order chi connectivity index (χ1) is 10.0. The van der Waals surface area contributed by atoms with E-state index in [1.54, 1.807) is 37.0 Å². The molecular weight excluding hydrogens is 273 g/mol. The Balaban J connectivity index is 2.32. The summed E-state index contributed by atoms with van der Waals surface area (Å²) in [5, 5.41) is 7.24. The highest BCUT2D eigenvalue weighted by molar-refractivity contribution is 5.81. The van der Waals surface area contributed by atoms with Crippen molar-refractivity contribution in [3.63, 3.8) is 0 Å². The van der Waals surface area contributed by atoms with E-state index in [0.29, 0.717) is 11.3 Å². The van der Waals surface area contributed by atoms with Crippen LogP contribution in [-0.2, 0) is 16.6 Å². The molecule has 0 aliphatic rings. The fourth-order valence-corrected chi connectivity index (χ4v) is 2.14. The number of nitrogens with zero attached hydrogens (tertiary/aromatic N) is 2. The van der Waals surface area contributed by atoms with E-state index in [0.717, 1.165) is 5.69 Å². The van der Waals surface area contributed by atoms with Crippen LogP contribution >= 0.6 is 0 Å². The third-order valence-electron chi connectivity index (χ3n) is 3.02. The molecule has 0 bridgehead atoms. The second-order valence-corrected chi connectivity index (χ2v) is 4.68. The summed E-state index contributed by atoms with van der Waals surface area (Å²) in [5.41, 5.74) is 1.94.